The molecule has 0 saturated carbocycles. The lowest BCUT2D eigenvalue weighted by Gasteiger charge is -1.98. The van der Waals surface area contributed by atoms with E-state index in [4.69, 9.17) is 8.83 Å². The Hall–Kier alpha value is -2.30. The number of allylic oxidation sites excluding steroid dienone is 1. The highest BCUT2D eigenvalue weighted by Crippen LogP contribution is 2.26. The zero-order valence-corrected chi connectivity index (χ0v) is 18.2. The van der Waals surface area contributed by atoms with Crippen LogP contribution in [0.15, 0.2) is 96.7 Å². The molecule has 0 aliphatic rings. The molecule has 0 aliphatic heterocycles. The first-order valence-corrected chi connectivity index (χ1v) is 10.6. The summed E-state index contributed by atoms with van der Waals surface area (Å²) in [5.41, 5.74) is 2.15. The van der Waals surface area contributed by atoms with Crippen molar-refractivity contribution in [3.8, 4) is 22.6 Å². The van der Waals surface area contributed by atoms with Gasteiger partial charge in [-0.15, -0.1) is 0 Å². The molecule has 4 aromatic rings. The van der Waals surface area contributed by atoms with Gasteiger partial charge >= 0.3 is 0 Å². The van der Waals surface area contributed by atoms with Crippen LogP contribution in [0.1, 0.15) is 17.9 Å². The molecule has 28 heavy (non-hydrogen) atoms. The van der Waals surface area contributed by atoms with E-state index >= 15 is 0 Å². The number of furan rings is 2. The Labute approximate surface area is 181 Å². The molecule has 0 spiro atoms. The van der Waals surface area contributed by atoms with E-state index in [0.717, 1.165) is 56.0 Å². The molecule has 0 unspecified atom stereocenters. The maximum atomic E-state index is 5.96. The van der Waals surface area contributed by atoms with Gasteiger partial charge in [-0.3, -0.25) is 0 Å². The quantitative estimate of drug-likeness (QED) is 0.267. The Morgan fingerprint density at radius 2 is 1.21 bits per heavy atom. The number of rotatable bonds is 6. The number of benzene rings is 2. The molecule has 2 aromatic carbocycles. The maximum Gasteiger partial charge on any atom is 0.134 e. The molecule has 4 heteroatoms. The molecule has 0 aliphatic carbocycles. The van der Waals surface area contributed by atoms with E-state index in [2.05, 4.69) is 37.9 Å². The van der Waals surface area contributed by atoms with E-state index in [1.807, 2.05) is 78.9 Å². The van der Waals surface area contributed by atoms with Crippen LogP contribution in [0.2, 0.25) is 0 Å². The molecule has 0 radical (unpaired) electrons. The third kappa shape index (κ3) is 4.75. The highest BCUT2D eigenvalue weighted by molar-refractivity contribution is 9.10. The predicted octanol–water partition coefficient (Wildman–Crippen LogP) is 8.38. The van der Waals surface area contributed by atoms with Crippen molar-refractivity contribution in [3.05, 3.63) is 99.3 Å². The lowest BCUT2D eigenvalue weighted by molar-refractivity contribution is 0.523. The fraction of sp³-hybridized carbons (Fsp3) is 0.0833. The number of hydrogen-bond donors (Lipinski definition) is 0. The average Bonchev–Trinajstić information content (AvgIpc) is 3.36. The molecule has 0 atom stereocenters. The van der Waals surface area contributed by atoms with Gasteiger partial charge in [-0.2, -0.15) is 0 Å². The first kappa shape index (κ1) is 19.0. The molecular weight excluding hydrogens is 480 g/mol. The van der Waals surface area contributed by atoms with Crippen molar-refractivity contribution in [2.24, 2.45) is 0 Å². The molecule has 0 amide bonds. The summed E-state index contributed by atoms with van der Waals surface area (Å²) in [6, 6.07) is 24.3. The van der Waals surface area contributed by atoms with Gasteiger partial charge in [0.05, 0.1) is 0 Å². The molecule has 0 fully saturated rings. The van der Waals surface area contributed by atoms with Gasteiger partial charge in [-0.25, -0.2) is 0 Å². The Bertz CT molecular complexity index is 1070. The molecular formula is C24H18Br2O2. The van der Waals surface area contributed by atoms with Crippen LogP contribution >= 0.6 is 31.9 Å². The number of halogens is 2. The minimum atomic E-state index is 0.854. The summed E-state index contributed by atoms with van der Waals surface area (Å²) in [7, 11) is 0. The van der Waals surface area contributed by atoms with Crippen molar-refractivity contribution in [2.75, 3.05) is 0 Å². The van der Waals surface area contributed by atoms with Gasteiger partial charge in [-0.1, -0.05) is 62.2 Å². The van der Waals surface area contributed by atoms with Crippen LogP contribution in [0.5, 0.6) is 0 Å². The van der Waals surface area contributed by atoms with E-state index in [1.165, 1.54) is 0 Å². The second kappa shape index (κ2) is 8.80. The topological polar surface area (TPSA) is 26.3 Å². The molecule has 0 bridgehead atoms. The molecule has 4 rings (SSSR count). The standard InChI is InChI=1S/C24H18Br2O2/c25-19-9-5-17(6-10-19)23-15-13-21(27-23)3-1-2-4-22-14-16-24(28-22)18-7-11-20(26)12-8-18/h1,3,5-16H,2,4H2/b3-1+. The smallest absolute Gasteiger partial charge is 0.134 e. The van der Waals surface area contributed by atoms with Crippen molar-refractivity contribution < 1.29 is 8.83 Å². The average molecular weight is 498 g/mol. The molecule has 2 aromatic heterocycles. The van der Waals surface area contributed by atoms with Crippen molar-refractivity contribution in [1.29, 1.82) is 0 Å². The summed E-state index contributed by atoms with van der Waals surface area (Å²) >= 11 is 6.90. The first-order valence-electron chi connectivity index (χ1n) is 9.04. The zero-order valence-electron chi connectivity index (χ0n) is 15.1. The monoisotopic (exact) mass is 496 g/mol. The highest BCUT2D eigenvalue weighted by Gasteiger charge is 2.05. The normalized spacial score (nSPS) is 11.4. The summed E-state index contributed by atoms with van der Waals surface area (Å²) in [4.78, 5) is 0. The largest absolute Gasteiger partial charge is 0.461 e. The number of aryl methyl sites for hydroxylation is 1. The van der Waals surface area contributed by atoms with E-state index in [1.54, 1.807) is 0 Å². The third-order valence-corrected chi connectivity index (χ3v) is 5.44. The van der Waals surface area contributed by atoms with Crippen molar-refractivity contribution in [1.82, 2.24) is 0 Å². The third-order valence-electron chi connectivity index (χ3n) is 4.39. The van der Waals surface area contributed by atoms with Gasteiger partial charge in [0.25, 0.3) is 0 Å². The molecule has 140 valence electrons. The van der Waals surface area contributed by atoms with E-state index < -0.39 is 0 Å². The fourth-order valence-corrected chi connectivity index (χ4v) is 3.45. The van der Waals surface area contributed by atoms with Crippen LogP contribution in [0.3, 0.4) is 0 Å². The summed E-state index contributed by atoms with van der Waals surface area (Å²) < 4.78 is 14.0. The summed E-state index contributed by atoms with van der Waals surface area (Å²) in [5, 5.41) is 0. The predicted molar refractivity (Wildman–Crippen MR) is 121 cm³/mol. The van der Waals surface area contributed by atoms with Gasteiger partial charge in [-0.05, 0) is 61.0 Å². The Morgan fingerprint density at radius 1 is 0.643 bits per heavy atom. The summed E-state index contributed by atoms with van der Waals surface area (Å²) in [6.45, 7) is 0. The van der Waals surface area contributed by atoms with E-state index in [0.29, 0.717) is 0 Å². The van der Waals surface area contributed by atoms with Crippen molar-refractivity contribution in [3.63, 3.8) is 0 Å². The van der Waals surface area contributed by atoms with Gasteiger partial charge in [0.2, 0.25) is 0 Å². The van der Waals surface area contributed by atoms with Crippen LogP contribution in [0.25, 0.3) is 28.7 Å². The van der Waals surface area contributed by atoms with Gasteiger partial charge < -0.3 is 8.83 Å². The van der Waals surface area contributed by atoms with E-state index in [9.17, 15) is 0 Å². The lowest BCUT2D eigenvalue weighted by Crippen LogP contribution is -1.78. The van der Waals surface area contributed by atoms with Gasteiger partial charge in [0.1, 0.15) is 23.0 Å². The summed E-state index contributed by atoms with van der Waals surface area (Å²) in [5.74, 6) is 3.61. The fourth-order valence-electron chi connectivity index (χ4n) is 2.92. The summed E-state index contributed by atoms with van der Waals surface area (Å²) in [6.07, 6.45) is 5.88. The Morgan fingerprint density at radius 3 is 1.86 bits per heavy atom. The lowest BCUT2D eigenvalue weighted by atomic mass is 10.2. The first-order chi connectivity index (χ1) is 13.7. The van der Waals surface area contributed by atoms with Crippen LogP contribution in [-0.2, 0) is 6.42 Å². The molecule has 2 nitrogen and oxygen atoms in total. The second-order valence-corrected chi connectivity index (χ2v) is 8.25. The molecule has 2 heterocycles. The van der Waals surface area contributed by atoms with Crippen LogP contribution < -0.4 is 0 Å². The van der Waals surface area contributed by atoms with Crippen LogP contribution in [0.4, 0.5) is 0 Å². The molecule has 0 saturated heterocycles. The minimum absolute atomic E-state index is 0.854. The highest BCUT2D eigenvalue weighted by atomic mass is 79.9. The van der Waals surface area contributed by atoms with Crippen molar-refractivity contribution in [2.45, 2.75) is 12.8 Å². The zero-order chi connectivity index (χ0) is 19.3. The second-order valence-electron chi connectivity index (χ2n) is 6.42. The van der Waals surface area contributed by atoms with E-state index in [-0.39, 0.29) is 0 Å². The van der Waals surface area contributed by atoms with Crippen molar-refractivity contribution >= 4 is 37.9 Å². The van der Waals surface area contributed by atoms with Crippen LogP contribution in [0, 0.1) is 0 Å². The Kier molecular flexibility index (Phi) is 5.98. The Balaban J connectivity index is 1.33. The van der Waals surface area contributed by atoms with Crippen LogP contribution in [-0.4, -0.2) is 0 Å². The number of hydrogen-bond acceptors (Lipinski definition) is 2. The van der Waals surface area contributed by atoms with Gasteiger partial charge in [0.15, 0.2) is 0 Å². The minimum Gasteiger partial charge on any atom is -0.461 e. The van der Waals surface area contributed by atoms with Gasteiger partial charge in [0, 0.05) is 26.5 Å². The maximum absolute atomic E-state index is 5.96. The molecule has 0 N–H and O–H groups in total. The SMILES string of the molecule is Brc1ccc(-c2ccc(/C=C/CCc3ccc(-c4ccc(Br)cc4)o3)o2)cc1.